The fraction of sp³-hybridized carbons (Fsp3) is 1.00. The summed E-state index contributed by atoms with van der Waals surface area (Å²) in [6, 6.07) is 0. The van der Waals surface area contributed by atoms with Crippen molar-refractivity contribution in [2.75, 3.05) is 31.8 Å². The first-order valence-electron chi connectivity index (χ1n) is 5.42. The van der Waals surface area contributed by atoms with Crippen LogP contribution in [0.2, 0.25) is 0 Å². The molecule has 1 saturated heterocycles. The van der Waals surface area contributed by atoms with Crippen LogP contribution in [0, 0.1) is 0 Å². The molecule has 0 amide bonds. The molecule has 1 fully saturated rings. The van der Waals surface area contributed by atoms with Gasteiger partial charge in [0.1, 0.15) is 0 Å². The van der Waals surface area contributed by atoms with Gasteiger partial charge in [0.05, 0.1) is 11.5 Å². The first-order valence-corrected chi connectivity index (χ1v) is 7.24. The van der Waals surface area contributed by atoms with E-state index in [9.17, 15) is 8.42 Å². The molecular formula is C10H21NO3S. The second-order valence-corrected chi connectivity index (χ2v) is 6.71. The highest BCUT2D eigenvalue weighted by Gasteiger charge is 2.37. The predicted octanol–water partition coefficient (Wildman–Crippen LogP) is 0.580. The van der Waals surface area contributed by atoms with E-state index in [4.69, 9.17) is 4.74 Å². The van der Waals surface area contributed by atoms with E-state index in [2.05, 4.69) is 5.32 Å². The van der Waals surface area contributed by atoms with Gasteiger partial charge in [-0.05, 0) is 32.7 Å². The smallest absolute Gasteiger partial charge is 0.152 e. The predicted molar refractivity (Wildman–Crippen MR) is 60.8 cm³/mol. The first-order chi connectivity index (χ1) is 6.97. The Morgan fingerprint density at radius 1 is 1.40 bits per heavy atom. The van der Waals surface area contributed by atoms with Crippen molar-refractivity contribution >= 4 is 9.84 Å². The molecule has 4 nitrogen and oxygen atoms in total. The fourth-order valence-corrected chi connectivity index (χ4v) is 4.03. The minimum absolute atomic E-state index is 0.202. The second kappa shape index (κ2) is 5.27. The Labute approximate surface area is 92.3 Å². The van der Waals surface area contributed by atoms with Gasteiger partial charge in [0.25, 0.3) is 0 Å². The molecule has 1 unspecified atom stereocenters. The van der Waals surface area contributed by atoms with Crippen molar-refractivity contribution in [1.29, 1.82) is 0 Å². The maximum atomic E-state index is 11.3. The van der Waals surface area contributed by atoms with Crippen LogP contribution in [-0.2, 0) is 14.6 Å². The summed E-state index contributed by atoms with van der Waals surface area (Å²) in [6.45, 7) is 3.64. The highest BCUT2D eigenvalue weighted by molar-refractivity contribution is 7.91. The number of hydrogen-bond acceptors (Lipinski definition) is 4. The molecule has 0 aliphatic carbocycles. The van der Waals surface area contributed by atoms with Crippen molar-refractivity contribution in [3.8, 4) is 0 Å². The van der Waals surface area contributed by atoms with Gasteiger partial charge >= 0.3 is 0 Å². The van der Waals surface area contributed by atoms with Crippen molar-refractivity contribution in [1.82, 2.24) is 5.32 Å². The molecule has 1 rings (SSSR count). The topological polar surface area (TPSA) is 55.4 Å². The van der Waals surface area contributed by atoms with E-state index in [0.717, 1.165) is 32.4 Å². The summed E-state index contributed by atoms with van der Waals surface area (Å²) < 4.78 is 27.6. The lowest BCUT2D eigenvalue weighted by atomic mass is 10.0. The average Bonchev–Trinajstić information content (AvgIpc) is 2.41. The number of rotatable bonds is 6. The highest BCUT2D eigenvalue weighted by Crippen LogP contribution is 2.22. The number of sulfone groups is 1. The molecule has 1 aliphatic rings. The van der Waals surface area contributed by atoms with Gasteiger partial charge in [-0.25, -0.2) is 8.42 Å². The van der Waals surface area contributed by atoms with Gasteiger partial charge in [0, 0.05) is 19.3 Å². The van der Waals surface area contributed by atoms with E-state index in [-0.39, 0.29) is 11.3 Å². The average molecular weight is 235 g/mol. The van der Waals surface area contributed by atoms with Crippen molar-refractivity contribution in [3.05, 3.63) is 0 Å². The van der Waals surface area contributed by atoms with E-state index in [0.29, 0.717) is 5.75 Å². The zero-order valence-corrected chi connectivity index (χ0v) is 10.4. The molecular weight excluding hydrogens is 214 g/mol. The van der Waals surface area contributed by atoms with E-state index in [1.807, 2.05) is 6.92 Å². The molecule has 1 atom stereocenters. The molecule has 0 bridgehead atoms. The quantitative estimate of drug-likeness (QED) is 0.684. The maximum absolute atomic E-state index is 11.3. The van der Waals surface area contributed by atoms with Crippen LogP contribution in [-0.4, -0.2) is 45.7 Å². The minimum atomic E-state index is -2.79. The van der Waals surface area contributed by atoms with E-state index >= 15 is 0 Å². The second-order valence-electron chi connectivity index (χ2n) is 4.53. The van der Waals surface area contributed by atoms with E-state index in [1.165, 1.54) is 0 Å². The zero-order chi connectivity index (χ0) is 11.4. The van der Waals surface area contributed by atoms with E-state index in [1.54, 1.807) is 7.11 Å². The zero-order valence-electron chi connectivity index (χ0n) is 9.58. The minimum Gasteiger partial charge on any atom is -0.385 e. The van der Waals surface area contributed by atoms with Gasteiger partial charge < -0.3 is 10.1 Å². The Morgan fingerprint density at radius 3 is 2.67 bits per heavy atom. The van der Waals surface area contributed by atoms with Crippen LogP contribution in [0.25, 0.3) is 0 Å². The lowest BCUT2D eigenvalue weighted by Gasteiger charge is -2.23. The van der Waals surface area contributed by atoms with E-state index < -0.39 is 9.84 Å². The van der Waals surface area contributed by atoms with Gasteiger partial charge in [0.15, 0.2) is 9.84 Å². The van der Waals surface area contributed by atoms with Gasteiger partial charge in [-0.2, -0.15) is 0 Å². The number of nitrogens with one attached hydrogen (secondary N) is 1. The fourth-order valence-electron chi connectivity index (χ4n) is 1.91. The third-order valence-electron chi connectivity index (χ3n) is 2.83. The third kappa shape index (κ3) is 4.49. The number of methoxy groups -OCH3 is 1. The largest absolute Gasteiger partial charge is 0.385 e. The monoisotopic (exact) mass is 235 g/mol. The lowest BCUT2D eigenvalue weighted by Crippen LogP contribution is -2.43. The molecule has 0 saturated carbocycles. The molecule has 1 aliphatic heterocycles. The molecule has 1 N–H and O–H groups in total. The van der Waals surface area contributed by atoms with Crippen molar-refractivity contribution < 1.29 is 13.2 Å². The van der Waals surface area contributed by atoms with Crippen molar-refractivity contribution in [3.63, 3.8) is 0 Å². The van der Waals surface area contributed by atoms with Crippen LogP contribution in [0.1, 0.15) is 26.2 Å². The standard InChI is InChI=1S/C10H21NO3S/c1-10(5-8-15(12,13)9-10)11-6-3-4-7-14-2/h11H,3-9H2,1-2H3. The molecule has 5 heteroatoms. The highest BCUT2D eigenvalue weighted by atomic mass is 32.2. The molecule has 0 aromatic rings. The van der Waals surface area contributed by atoms with Gasteiger partial charge in [-0.15, -0.1) is 0 Å². The first kappa shape index (κ1) is 12.9. The molecule has 90 valence electrons. The van der Waals surface area contributed by atoms with Crippen LogP contribution < -0.4 is 5.32 Å². The number of unbranched alkanes of at least 4 members (excludes halogenated alkanes) is 1. The van der Waals surface area contributed by atoms with Crippen LogP contribution in [0.4, 0.5) is 0 Å². The van der Waals surface area contributed by atoms with Crippen molar-refractivity contribution in [2.45, 2.75) is 31.7 Å². The number of ether oxygens (including phenoxy) is 1. The Bertz CT molecular complexity index is 289. The van der Waals surface area contributed by atoms with Crippen LogP contribution in [0.15, 0.2) is 0 Å². The van der Waals surface area contributed by atoms with Crippen LogP contribution >= 0.6 is 0 Å². The summed E-state index contributed by atoms with van der Waals surface area (Å²) in [7, 11) is -1.10. The Balaban J connectivity index is 2.21. The molecule has 0 radical (unpaired) electrons. The molecule has 0 aromatic heterocycles. The SMILES string of the molecule is COCCCCNC1(C)CCS(=O)(=O)C1. The summed E-state index contributed by atoms with van der Waals surface area (Å²) in [4.78, 5) is 0. The lowest BCUT2D eigenvalue weighted by molar-refractivity contribution is 0.191. The van der Waals surface area contributed by atoms with Crippen LogP contribution in [0.5, 0.6) is 0 Å². The van der Waals surface area contributed by atoms with Gasteiger partial charge in [-0.3, -0.25) is 0 Å². The normalized spacial score (nSPS) is 29.5. The summed E-state index contributed by atoms with van der Waals surface area (Å²) in [5, 5.41) is 3.34. The van der Waals surface area contributed by atoms with Crippen LogP contribution in [0.3, 0.4) is 0 Å². The maximum Gasteiger partial charge on any atom is 0.152 e. The molecule has 15 heavy (non-hydrogen) atoms. The molecule has 0 spiro atoms. The Morgan fingerprint density at radius 2 is 2.13 bits per heavy atom. The molecule has 0 aromatic carbocycles. The van der Waals surface area contributed by atoms with Gasteiger partial charge in [0.2, 0.25) is 0 Å². The Kier molecular flexibility index (Phi) is 4.55. The van der Waals surface area contributed by atoms with Gasteiger partial charge in [-0.1, -0.05) is 0 Å². The van der Waals surface area contributed by atoms with Crippen molar-refractivity contribution in [2.24, 2.45) is 0 Å². The third-order valence-corrected chi connectivity index (χ3v) is 4.73. The molecule has 1 heterocycles. The summed E-state index contributed by atoms with van der Waals surface area (Å²) >= 11 is 0. The Hall–Kier alpha value is -0.130. The summed E-state index contributed by atoms with van der Waals surface area (Å²) in [5.41, 5.74) is -0.202. The summed E-state index contributed by atoms with van der Waals surface area (Å²) in [6.07, 6.45) is 2.79. The number of hydrogen-bond donors (Lipinski definition) is 1. The summed E-state index contributed by atoms with van der Waals surface area (Å²) in [5.74, 6) is 0.610.